The molecule has 0 aromatic carbocycles. The molecular formula is C14H26N2O2. The number of nitrogens with one attached hydrogen (secondary N) is 1. The second kappa shape index (κ2) is 8.11. The smallest absolute Gasteiger partial charge is 0.245 e. The summed E-state index contributed by atoms with van der Waals surface area (Å²) >= 11 is 0. The molecule has 0 spiro atoms. The second-order valence-electron chi connectivity index (χ2n) is 5.04. The number of amides is 2. The highest BCUT2D eigenvalue weighted by Gasteiger charge is 2.28. The lowest BCUT2D eigenvalue weighted by Crippen LogP contribution is -2.44. The molecule has 1 aliphatic heterocycles. The number of rotatable bonds is 7. The summed E-state index contributed by atoms with van der Waals surface area (Å²) in [6.45, 7) is 5.60. The molecule has 1 N–H and O–H groups in total. The minimum Gasteiger partial charge on any atom is -0.344 e. The van der Waals surface area contributed by atoms with Gasteiger partial charge >= 0.3 is 0 Å². The van der Waals surface area contributed by atoms with E-state index < -0.39 is 0 Å². The first kappa shape index (κ1) is 15.0. The van der Waals surface area contributed by atoms with E-state index in [4.69, 9.17) is 0 Å². The number of hydrogen-bond donors (Lipinski definition) is 1. The minimum absolute atomic E-state index is 0.0119. The van der Waals surface area contributed by atoms with Gasteiger partial charge in [-0.05, 0) is 12.8 Å². The van der Waals surface area contributed by atoms with Crippen molar-refractivity contribution >= 4 is 11.8 Å². The average molecular weight is 254 g/mol. The third-order valence-corrected chi connectivity index (χ3v) is 3.41. The summed E-state index contributed by atoms with van der Waals surface area (Å²) in [7, 11) is 0. The largest absolute Gasteiger partial charge is 0.344 e. The molecule has 104 valence electrons. The van der Waals surface area contributed by atoms with E-state index in [0.717, 1.165) is 25.8 Å². The predicted octanol–water partition coefficient (Wildman–Crippen LogP) is 2.08. The zero-order chi connectivity index (χ0) is 13.4. The summed E-state index contributed by atoms with van der Waals surface area (Å²) in [6, 6.07) is -0.295. The number of hydrogen-bond acceptors (Lipinski definition) is 2. The lowest BCUT2D eigenvalue weighted by atomic mass is 10.1. The third kappa shape index (κ3) is 4.67. The summed E-state index contributed by atoms with van der Waals surface area (Å²) in [5, 5.41) is 2.83. The van der Waals surface area contributed by atoms with Crippen molar-refractivity contribution in [1.82, 2.24) is 10.2 Å². The van der Waals surface area contributed by atoms with Crippen LogP contribution in [0.2, 0.25) is 0 Å². The molecule has 1 aliphatic rings. The Morgan fingerprint density at radius 2 is 1.94 bits per heavy atom. The molecule has 4 nitrogen and oxygen atoms in total. The van der Waals surface area contributed by atoms with Crippen LogP contribution in [0.25, 0.3) is 0 Å². The van der Waals surface area contributed by atoms with Gasteiger partial charge in [0.15, 0.2) is 0 Å². The molecule has 1 heterocycles. The third-order valence-electron chi connectivity index (χ3n) is 3.41. The van der Waals surface area contributed by atoms with Crippen molar-refractivity contribution in [2.75, 3.05) is 13.1 Å². The highest BCUT2D eigenvalue weighted by molar-refractivity contribution is 5.89. The Morgan fingerprint density at radius 3 is 2.61 bits per heavy atom. The van der Waals surface area contributed by atoms with Crippen molar-refractivity contribution in [3.05, 3.63) is 0 Å². The number of carbonyl (C=O) groups excluding carboxylic acids is 2. The molecule has 0 saturated carbocycles. The van der Waals surface area contributed by atoms with E-state index in [-0.39, 0.29) is 17.9 Å². The Morgan fingerprint density at radius 1 is 1.17 bits per heavy atom. The zero-order valence-corrected chi connectivity index (χ0v) is 11.7. The molecule has 0 aromatic heterocycles. The van der Waals surface area contributed by atoms with Crippen molar-refractivity contribution in [1.29, 1.82) is 0 Å². The van der Waals surface area contributed by atoms with E-state index in [0.29, 0.717) is 13.0 Å². The van der Waals surface area contributed by atoms with Crippen LogP contribution in [0.3, 0.4) is 0 Å². The van der Waals surface area contributed by atoms with Crippen LogP contribution in [0.5, 0.6) is 0 Å². The fourth-order valence-electron chi connectivity index (χ4n) is 2.33. The fraction of sp³-hybridized carbons (Fsp3) is 0.857. The fourth-order valence-corrected chi connectivity index (χ4v) is 2.33. The van der Waals surface area contributed by atoms with Crippen LogP contribution in [0.15, 0.2) is 0 Å². The Kier molecular flexibility index (Phi) is 6.76. The van der Waals surface area contributed by atoms with Crippen molar-refractivity contribution in [3.8, 4) is 0 Å². The van der Waals surface area contributed by atoms with Crippen molar-refractivity contribution in [2.45, 2.75) is 64.8 Å². The normalized spacial score (nSPS) is 20.8. The molecule has 1 rings (SSSR count). The highest BCUT2D eigenvalue weighted by atomic mass is 16.2. The SMILES string of the molecule is CCCCCCN1CCC(=O)NC(CCC)C1=O. The summed E-state index contributed by atoms with van der Waals surface area (Å²) < 4.78 is 0. The molecule has 4 heteroatoms. The van der Waals surface area contributed by atoms with Crippen LogP contribution in [-0.4, -0.2) is 35.8 Å². The number of carbonyl (C=O) groups is 2. The van der Waals surface area contributed by atoms with Crippen LogP contribution < -0.4 is 5.32 Å². The maximum atomic E-state index is 12.3. The Hall–Kier alpha value is -1.06. The molecule has 1 fully saturated rings. The molecule has 1 unspecified atom stereocenters. The van der Waals surface area contributed by atoms with E-state index >= 15 is 0 Å². The molecule has 1 atom stereocenters. The predicted molar refractivity (Wildman–Crippen MR) is 72.2 cm³/mol. The lowest BCUT2D eigenvalue weighted by molar-refractivity contribution is -0.133. The Bertz CT molecular complexity index is 279. The highest BCUT2D eigenvalue weighted by Crippen LogP contribution is 2.10. The van der Waals surface area contributed by atoms with Gasteiger partial charge in [-0.15, -0.1) is 0 Å². The molecule has 0 aliphatic carbocycles. The quantitative estimate of drug-likeness (QED) is 0.707. The van der Waals surface area contributed by atoms with Crippen LogP contribution in [0.1, 0.15) is 58.8 Å². The summed E-state index contributed by atoms with van der Waals surface area (Å²) in [6.07, 6.45) is 6.74. The van der Waals surface area contributed by atoms with Gasteiger partial charge in [-0.25, -0.2) is 0 Å². The van der Waals surface area contributed by atoms with Crippen LogP contribution in [0.4, 0.5) is 0 Å². The maximum Gasteiger partial charge on any atom is 0.245 e. The standard InChI is InChI=1S/C14H26N2O2/c1-3-5-6-7-10-16-11-9-13(17)15-12(8-4-2)14(16)18/h12H,3-11H2,1-2H3,(H,15,17). The van der Waals surface area contributed by atoms with Crippen LogP contribution >= 0.6 is 0 Å². The van der Waals surface area contributed by atoms with Gasteiger partial charge in [0.05, 0.1) is 0 Å². The van der Waals surface area contributed by atoms with Gasteiger partial charge in [-0.2, -0.15) is 0 Å². The summed E-state index contributed by atoms with van der Waals surface area (Å²) in [4.78, 5) is 25.7. The molecular weight excluding hydrogens is 228 g/mol. The second-order valence-corrected chi connectivity index (χ2v) is 5.04. The van der Waals surface area contributed by atoms with Gasteiger partial charge < -0.3 is 10.2 Å². The van der Waals surface area contributed by atoms with Gasteiger partial charge in [0.2, 0.25) is 11.8 Å². The van der Waals surface area contributed by atoms with Gasteiger partial charge in [0.1, 0.15) is 6.04 Å². The van der Waals surface area contributed by atoms with Crippen molar-refractivity contribution in [3.63, 3.8) is 0 Å². The van der Waals surface area contributed by atoms with Crippen molar-refractivity contribution < 1.29 is 9.59 Å². The van der Waals surface area contributed by atoms with E-state index in [2.05, 4.69) is 12.2 Å². The first-order chi connectivity index (χ1) is 8.69. The Labute approximate surface area is 110 Å². The lowest BCUT2D eigenvalue weighted by Gasteiger charge is -2.23. The van der Waals surface area contributed by atoms with Gasteiger partial charge in [-0.1, -0.05) is 39.5 Å². The molecule has 0 bridgehead atoms. The molecule has 0 radical (unpaired) electrons. The van der Waals surface area contributed by atoms with E-state index in [9.17, 15) is 9.59 Å². The van der Waals surface area contributed by atoms with E-state index in [1.54, 1.807) is 0 Å². The van der Waals surface area contributed by atoms with Gasteiger partial charge in [-0.3, -0.25) is 9.59 Å². The minimum atomic E-state index is -0.295. The monoisotopic (exact) mass is 254 g/mol. The molecule has 1 saturated heterocycles. The van der Waals surface area contributed by atoms with E-state index in [1.165, 1.54) is 19.3 Å². The molecule has 18 heavy (non-hydrogen) atoms. The summed E-state index contributed by atoms with van der Waals surface area (Å²) in [5.74, 6) is 0.122. The Balaban J connectivity index is 2.49. The van der Waals surface area contributed by atoms with Gasteiger partial charge in [0, 0.05) is 19.5 Å². The first-order valence-corrected chi connectivity index (χ1v) is 7.27. The van der Waals surface area contributed by atoms with Crippen molar-refractivity contribution in [2.24, 2.45) is 0 Å². The summed E-state index contributed by atoms with van der Waals surface area (Å²) in [5.41, 5.74) is 0. The van der Waals surface area contributed by atoms with Crippen LogP contribution in [-0.2, 0) is 9.59 Å². The zero-order valence-electron chi connectivity index (χ0n) is 11.7. The van der Waals surface area contributed by atoms with Gasteiger partial charge in [0.25, 0.3) is 0 Å². The molecule has 2 amide bonds. The van der Waals surface area contributed by atoms with E-state index in [1.807, 2.05) is 11.8 Å². The average Bonchev–Trinajstić information content (AvgIpc) is 2.48. The van der Waals surface area contributed by atoms with Crippen LogP contribution in [0, 0.1) is 0 Å². The molecule has 0 aromatic rings. The topological polar surface area (TPSA) is 49.4 Å². The maximum absolute atomic E-state index is 12.3. The number of nitrogens with zero attached hydrogens (tertiary/aromatic N) is 1. The number of unbranched alkanes of at least 4 members (excludes halogenated alkanes) is 3. The first-order valence-electron chi connectivity index (χ1n) is 7.27.